The van der Waals surface area contributed by atoms with Crippen LogP contribution >= 0.6 is 0 Å². The third-order valence-electron chi connectivity index (χ3n) is 9.76. The Bertz CT molecular complexity index is 2120. The van der Waals surface area contributed by atoms with Gasteiger partial charge in [0.25, 0.3) is 0 Å². The highest BCUT2D eigenvalue weighted by molar-refractivity contribution is 5.90. The zero-order chi connectivity index (χ0) is 46.4. The van der Waals surface area contributed by atoms with Gasteiger partial charge in [0.1, 0.15) is 11.5 Å². The number of unbranched alkanes of at least 4 members (excludes halogenated alkanes) is 4. The predicted molar refractivity (Wildman–Crippen MR) is 230 cm³/mol. The van der Waals surface area contributed by atoms with Gasteiger partial charge in [0.05, 0.1) is 37.9 Å². The Morgan fingerprint density at radius 2 is 0.766 bits per heavy atom. The molecule has 16 heteroatoms. The summed E-state index contributed by atoms with van der Waals surface area (Å²) < 4.78 is 40.8. The molecule has 0 bridgehead atoms. The third kappa shape index (κ3) is 16.8. The first kappa shape index (κ1) is 49.8. The van der Waals surface area contributed by atoms with Crippen LogP contribution < -0.4 is 9.47 Å². The molecule has 0 aliphatic heterocycles. The van der Waals surface area contributed by atoms with Crippen molar-refractivity contribution in [2.75, 3.05) is 39.6 Å². The van der Waals surface area contributed by atoms with Gasteiger partial charge >= 0.3 is 47.8 Å². The lowest BCUT2D eigenvalue weighted by atomic mass is 9.98. The van der Waals surface area contributed by atoms with Gasteiger partial charge in [0.2, 0.25) is 0 Å². The molecule has 0 radical (unpaired) electrons. The van der Waals surface area contributed by atoms with E-state index in [2.05, 4.69) is 0 Å². The Morgan fingerprint density at radius 3 is 1.16 bits per heavy atom. The lowest BCUT2D eigenvalue weighted by molar-refractivity contribution is -0.159. The second-order valence-corrected chi connectivity index (χ2v) is 14.8. The van der Waals surface area contributed by atoms with E-state index in [-0.39, 0.29) is 24.7 Å². The van der Waals surface area contributed by atoms with Gasteiger partial charge in [-0.2, -0.15) is 0 Å². The Hall–Kier alpha value is -6.84. The number of carbonyl (C=O) groups is 8. The minimum Gasteiger partial charge on any atom is -0.463 e. The summed E-state index contributed by atoms with van der Waals surface area (Å²) in [7, 11) is 0. The van der Waals surface area contributed by atoms with E-state index in [1.165, 1.54) is 12.1 Å². The van der Waals surface area contributed by atoms with Crippen LogP contribution in [0.2, 0.25) is 0 Å². The minimum atomic E-state index is -0.873. The highest BCUT2D eigenvalue weighted by atomic mass is 16.6. The van der Waals surface area contributed by atoms with Crippen LogP contribution in [0.5, 0.6) is 11.5 Å². The van der Waals surface area contributed by atoms with Crippen molar-refractivity contribution in [1.82, 2.24) is 0 Å². The highest BCUT2D eigenvalue weighted by Crippen LogP contribution is 2.28. The Labute approximate surface area is 370 Å². The van der Waals surface area contributed by atoms with Gasteiger partial charge in [0, 0.05) is 0 Å². The summed E-state index contributed by atoms with van der Waals surface area (Å²) in [5, 5.41) is 2.87. The van der Waals surface area contributed by atoms with E-state index < -0.39 is 98.9 Å². The summed E-state index contributed by atoms with van der Waals surface area (Å²) in [5.74, 6) is -6.81. The van der Waals surface area contributed by atoms with E-state index in [0.717, 1.165) is 49.3 Å². The number of rotatable bonds is 25. The molecule has 0 saturated heterocycles. The van der Waals surface area contributed by atoms with Gasteiger partial charge in [-0.15, -0.1) is 0 Å². The fraction of sp³-hybridized carbons (Fsp3) is 0.417. The van der Waals surface area contributed by atoms with E-state index >= 15 is 0 Å². The fourth-order valence-corrected chi connectivity index (χ4v) is 6.04. The SMILES string of the molecule is CCCCCOC(=O)COC(=O)C(C)c1ccc2cc(OC(=O)COC(=O)CCC(=O)OCC(=O)Oc3ccc4cc(C(C)C(=O)OCC(=O)OCCCCC)ccc4c3)ccc2c1. The van der Waals surface area contributed by atoms with Gasteiger partial charge < -0.3 is 37.9 Å². The monoisotopic (exact) mass is 886 g/mol. The van der Waals surface area contributed by atoms with Crippen molar-refractivity contribution in [1.29, 1.82) is 0 Å². The molecule has 0 aliphatic carbocycles. The molecule has 0 fully saturated rings. The van der Waals surface area contributed by atoms with Crippen molar-refractivity contribution in [2.45, 2.75) is 90.9 Å². The van der Waals surface area contributed by atoms with E-state index in [4.69, 9.17) is 37.9 Å². The number of esters is 8. The summed E-state index contributed by atoms with van der Waals surface area (Å²) in [6.45, 7) is 5.57. The Morgan fingerprint density at radius 1 is 0.406 bits per heavy atom. The van der Waals surface area contributed by atoms with Crippen molar-refractivity contribution < 1.29 is 76.3 Å². The second kappa shape index (κ2) is 25.9. The molecule has 0 N–H and O–H groups in total. The van der Waals surface area contributed by atoms with Gasteiger partial charge in [-0.25, -0.2) is 19.2 Å². The van der Waals surface area contributed by atoms with E-state index in [1.54, 1.807) is 74.5 Å². The van der Waals surface area contributed by atoms with Crippen LogP contribution in [0.1, 0.15) is 102 Å². The molecule has 0 amide bonds. The van der Waals surface area contributed by atoms with Crippen LogP contribution in [0.25, 0.3) is 21.5 Å². The van der Waals surface area contributed by atoms with Crippen LogP contribution in [0.15, 0.2) is 72.8 Å². The average Bonchev–Trinajstić information content (AvgIpc) is 3.29. The summed E-state index contributed by atoms with van der Waals surface area (Å²) in [6, 6.07) is 20.1. The van der Waals surface area contributed by atoms with Crippen molar-refractivity contribution in [3.63, 3.8) is 0 Å². The summed E-state index contributed by atoms with van der Waals surface area (Å²) in [5.41, 5.74) is 1.30. The molecule has 0 spiro atoms. The molecular formula is C48H54O16. The lowest BCUT2D eigenvalue weighted by Gasteiger charge is -2.13. The first-order chi connectivity index (χ1) is 30.8. The molecule has 16 nitrogen and oxygen atoms in total. The van der Waals surface area contributed by atoms with Crippen molar-refractivity contribution in [3.05, 3.63) is 83.9 Å². The molecule has 64 heavy (non-hydrogen) atoms. The molecule has 0 heterocycles. The maximum absolute atomic E-state index is 12.6. The number of ether oxygens (including phenoxy) is 8. The molecule has 0 aliphatic rings. The van der Waals surface area contributed by atoms with Gasteiger partial charge in [-0.05, 0) is 83.6 Å². The number of benzene rings is 4. The molecule has 342 valence electrons. The molecule has 2 unspecified atom stereocenters. The van der Waals surface area contributed by atoms with Gasteiger partial charge in [-0.3, -0.25) is 19.2 Å². The summed E-state index contributed by atoms with van der Waals surface area (Å²) >= 11 is 0. The maximum Gasteiger partial charge on any atom is 0.349 e. The average molecular weight is 887 g/mol. The van der Waals surface area contributed by atoms with Crippen LogP contribution in [-0.4, -0.2) is 87.4 Å². The zero-order valence-corrected chi connectivity index (χ0v) is 36.5. The third-order valence-corrected chi connectivity index (χ3v) is 9.76. The standard InChI is InChI=1S/C48H54O16/c1-5-7-9-21-57-43(51)27-61-47(55)31(3)33-11-13-37-25-39(17-15-35(37)23-33)63-45(53)29-59-41(49)19-20-42(50)60-30-46(54)64-40-18-16-36-24-34(12-14-38(36)26-40)32(4)48(56)62-28-44(52)58-22-10-8-6-2/h11-18,23-26,31-32H,5-10,19-22,27-30H2,1-4H3. The Balaban J connectivity index is 1.12. The smallest absolute Gasteiger partial charge is 0.349 e. The molecule has 4 rings (SSSR count). The fourth-order valence-electron chi connectivity index (χ4n) is 6.04. The number of hydrogen-bond acceptors (Lipinski definition) is 16. The predicted octanol–water partition coefficient (Wildman–Crippen LogP) is 7.13. The maximum atomic E-state index is 12.6. The Kier molecular flexibility index (Phi) is 20.2. The molecule has 4 aromatic carbocycles. The van der Waals surface area contributed by atoms with Crippen molar-refractivity contribution in [3.8, 4) is 11.5 Å². The first-order valence-electron chi connectivity index (χ1n) is 21.2. The van der Waals surface area contributed by atoms with Crippen molar-refractivity contribution in [2.24, 2.45) is 0 Å². The van der Waals surface area contributed by atoms with Gasteiger partial charge in [-0.1, -0.05) is 88.1 Å². The molecular weight excluding hydrogens is 833 g/mol. The van der Waals surface area contributed by atoms with Crippen molar-refractivity contribution >= 4 is 69.3 Å². The first-order valence-corrected chi connectivity index (χ1v) is 21.2. The molecule has 0 aromatic heterocycles. The highest BCUT2D eigenvalue weighted by Gasteiger charge is 2.21. The van der Waals surface area contributed by atoms with Gasteiger partial charge in [0.15, 0.2) is 26.4 Å². The quantitative estimate of drug-likeness (QED) is 0.0280. The van der Waals surface area contributed by atoms with Crippen LogP contribution in [0.4, 0.5) is 0 Å². The lowest BCUT2D eigenvalue weighted by Crippen LogP contribution is -2.21. The normalized spacial score (nSPS) is 11.8. The van der Waals surface area contributed by atoms with Crippen LogP contribution in [0.3, 0.4) is 0 Å². The zero-order valence-electron chi connectivity index (χ0n) is 36.5. The van der Waals surface area contributed by atoms with Crippen LogP contribution in [0, 0.1) is 0 Å². The molecule has 4 aromatic rings. The topological polar surface area (TPSA) is 210 Å². The molecule has 0 saturated carbocycles. The largest absolute Gasteiger partial charge is 0.463 e. The van der Waals surface area contributed by atoms with E-state index in [0.29, 0.717) is 21.9 Å². The number of fused-ring (bicyclic) bond motifs is 2. The van der Waals surface area contributed by atoms with Crippen LogP contribution in [-0.2, 0) is 66.8 Å². The number of carbonyl (C=O) groups excluding carboxylic acids is 8. The van der Waals surface area contributed by atoms with E-state index in [1.807, 2.05) is 13.8 Å². The summed E-state index contributed by atoms with van der Waals surface area (Å²) in [4.78, 5) is 98.0. The second-order valence-electron chi connectivity index (χ2n) is 14.8. The minimum absolute atomic E-state index is 0.180. The van der Waals surface area contributed by atoms with E-state index in [9.17, 15) is 38.4 Å². The summed E-state index contributed by atoms with van der Waals surface area (Å²) in [6.07, 6.45) is 4.50. The molecule has 2 atom stereocenters. The number of hydrogen-bond donors (Lipinski definition) is 0.